The van der Waals surface area contributed by atoms with Crippen molar-refractivity contribution in [2.24, 2.45) is 0 Å². The van der Waals surface area contributed by atoms with Crippen LogP contribution in [0.2, 0.25) is 0 Å². The molecule has 0 radical (unpaired) electrons. The zero-order valence-corrected chi connectivity index (χ0v) is 17.0. The second-order valence-electron chi connectivity index (χ2n) is 6.72. The second kappa shape index (κ2) is 8.80. The predicted octanol–water partition coefficient (Wildman–Crippen LogP) is 4.03. The van der Waals surface area contributed by atoms with E-state index in [1.165, 1.54) is 0 Å². The molecule has 0 atom stereocenters. The largest absolute Gasteiger partial charge is 0.347 e. The fourth-order valence-electron chi connectivity index (χ4n) is 2.91. The molecule has 0 spiro atoms. The van der Waals surface area contributed by atoms with Gasteiger partial charge in [0.25, 0.3) is 0 Å². The topological polar surface area (TPSA) is 71.1 Å². The Balaban J connectivity index is 1.51. The number of thiazole rings is 1. The molecule has 2 aromatic carbocycles. The second-order valence-corrected chi connectivity index (χ2v) is 7.78. The molecule has 144 valence electrons. The maximum atomic E-state index is 12.2. The number of rotatable bonds is 6. The molecule has 1 aromatic heterocycles. The lowest BCUT2D eigenvalue weighted by Gasteiger charge is -2.12. The van der Waals surface area contributed by atoms with Crippen molar-refractivity contribution in [3.8, 4) is 11.3 Å². The number of nitrogens with zero attached hydrogens (tertiary/aromatic N) is 1. The van der Waals surface area contributed by atoms with Crippen molar-refractivity contribution in [1.82, 2.24) is 10.3 Å². The monoisotopic (exact) mass is 393 g/mol. The first-order chi connectivity index (χ1) is 13.4. The molecule has 0 unspecified atom stereocenters. The van der Waals surface area contributed by atoms with Gasteiger partial charge in [-0.2, -0.15) is 0 Å². The number of hydrogen-bond donors (Lipinski definition) is 2. The van der Waals surface area contributed by atoms with Gasteiger partial charge in [-0.1, -0.05) is 42.5 Å². The number of carbonyl (C=O) groups excluding carboxylic acids is 2. The fourth-order valence-corrected chi connectivity index (χ4v) is 3.53. The van der Waals surface area contributed by atoms with Crippen LogP contribution in [0.3, 0.4) is 0 Å². The number of aromatic nitrogens is 1. The Hall–Kier alpha value is -2.99. The van der Waals surface area contributed by atoms with Crippen LogP contribution in [0, 0.1) is 20.8 Å². The van der Waals surface area contributed by atoms with Crippen molar-refractivity contribution in [2.75, 3.05) is 11.9 Å². The van der Waals surface area contributed by atoms with Crippen LogP contribution in [0.15, 0.2) is 47.8 Å². The van der Waals surface area contributed by atoms with E-state index in [1.807, 2.05) is 68.6 Å². The summed E-state index contributed by atoms with van der Waals surface area (Å²) in [5.41, 5.74) is 5.66. The Morgan fingerprint density at radius 2 is 1.64 bits per heavy atom. The molecule has 2 N–H and O–H groups in total. The third-order valence-electron chi connectivity index (χ3n) is 4.43. The van der Waals surface area contributed by atoms with E-state index in [1.54, 1.807) is 11.3 Å². The number of para-hydroxylation sites is 1. The molecule has 3 aromatic rings. The Labute approximate surface area is 168 Å². The molecule has 0 fully saturated rings. The van der Waals surface area contributed by atoms with E-state index >= 15 is 0 Å². The van der Waals surface area contributed by atoms with Gasteiger partial charge in [0.1, 0.15) is 0 Å². The third kappa shape index (κ3) is 5.04. The standard InChI is InChI=1S/C22H23N3O2S/c1-14-5-4-6-15(2)22(14)25-21(27)12-23-20(26)11-17-7-9-18(10-8-17)19-13-28-16(3)24-19/h4-10,13H,11-12H2,1-3H3,(H,23,26)(H,25,27). The first kappa shape index (κ1) is 19.8. The zero-order chi connectivity index (χ0) is 20.1. The van der Waals surface area contributed by atoms with Gasteiger partial charge in [-0.15, -0.1) is 11.3 Å². The van der Waals surface area contributed by atoms with Gasteiger partial charge < -0.3 is 10.6 Å². The van der Waals surface area contributed by atoms with Gasteiger partial charge >= 0.3 is 0 Å². The number of hydrogen-bond acceptors (Lipinski definition) is 4. The molecule has 0 aliphatic carbocycles. The summed E-state index contributed by atoms with van der Waals surface area (Å²) in [6.07, 6.45) is 0.229. The predicted molar refractivity (Wildman–Crippen MR) is 114 cm³/mol. The van der Waals surface area contributed by atoms with Crippen molar-refractivity contribution in [3.05, 3.63) is 69.5 Å². The lowest BCUT2D eigenvalue weighted by molar-refractivity contribution is -0.123. The molecule has 0 bridgehead atoms. The summed E-state index contributed by atoms with van der Waals surface area (Å²) >= 11 is 1.61. The molecule has 1 heterocycles. The van der Waals surface area contributed by atoms with Crippen LogP contribution in [0.4, 0.5) is 5.69 Å². The normalized spacial score (nSPS) is 10.5. The van der Waals surface area contributed by atoms with Gasteiger partial charge in [0, 0.05) is 16.6 Å². The minimum Gasteiger partial charge on any atom is -0.347 e. The smallest absolute Gasteiger partial charge is 0.243 e. The van der Waals surface area contributed by atoms with Gasteiger partial charge in [0.05, 0.1) is 23.7 Å². The summed E-state index contributed by atoms with van der Waals surface area (Å²) in [6.45, 7) is 5.81. The molecule has 0 aliphatic rings. The fraction of sp³-hybridized carbons (Fsp3) is 0.227. The van der Waals surface area contributed by atoms with Crippen molar-refractivity contribution in [1.29, 1.82) is 0 Å². The lowest BCUT2D eigenvalue weighted by atomic mass is 10.1. The molecule has 2 amide bonds. The Bertz CT molecular complexity index is 973. The van der Waals surface area contributed by atoms with E-state index in [9.17, 15) is 9.59 Å². The van der Waals surface area contributed by atoms with Crippen LogP contribution in [0.5, 0.6) is 0 Å². The van der Waals surface area contributed by atoms with Gasteiger partial charge in [0.15, 0.2) is 0 Å². The molecule has 0 aliphatic heterocycles. The lowest BCUT2D eigenvalue weighted by Crippen LogP contribution is -2.34. The third-order valence-corrected chi connectivity index (χ3v) is 5.20. The molecule has 5 nitrogen and oxygen atoms in total. The van der Waals surface area contributed by atoms with Gasteiger partial charge in [-0.05, 0) is 37.5 Å². The van der Waals surface area contributed by atoms with Crippen molar-refractivity contribution < 1.29 is 9.59 Å². The van der Waals surface area contributed by atoms with E-state index in [0.717, 1.165) is 38.6 Å². The van der Waals surface area contributed by atoms with Crippen LogP contribution < -0.4 is 10.6 Å². The summed E-state index contributed by atoms with van der Waals surface area (Å²) in [5, 5.41) is 8.59. The van der Waals surface area contributed by atoms with E-state index in [0.29, 0.717) is 0 Å². The summed E-state index contributed by atoms with van der Waals surface area (Å²) < 4.78 is 0. The number of benzene rings is 2. The number of aryl methyl sites for hydroxylation is 3. The van der Waals surface area contributed by atoms with Crippen molar-refractivity contribution >= 4 is 28.8 Å². The maximum absolute atomic E-state index is 12.2. The maximum Gasteiger partial charge on any atom is 0.243 e. The highest BCUT2D eigenvalue weighted by atomic mass is 32.1. The molecule has 0 saturated heterocycles. The van der Waals surface area contributed by atoms with E-state index in [4.69, 9.17) is 0 Å². The summed E-state index contributed by atoms with van der Waals surface area (Å²) in [6, 6.07) is 13.6. The average molecular weight is 394 g/mol. The summed E-state index contributed by atoms with van der Waals surface area (Å²) in [4.78, 5) is 28.8. The first-order valence-corrected chi connectivity index (χ1v) is 9.94. The molecule has 28 heavy (non-hydrogen) atoms. The Morgan fingerprint density at radius 1 is 0.964 bits per heavy atom. The summed E-state index contributed by atoms with van der Waals surface area (Å²) in [7, 11) is 0. The van der Waals surface area contributed by atoms with E-state index in [2.05, 4.69) is 15.6 Å². The van der Waals surface area contributed by atoms with Crippen LogP contribution in [-0.2, 0) is 16.0 Å². The van der Waals surface area contributed by atoms with Crippen molar-refractivity contribution in [3.63, 3.8) is 0 Å². The van der Waals surface area contributed by atoms with Gasteiger partial charge in [-0.3, -0.25) is 9.59 Å². The molecular weight excluding hydrogens is 370 g/mol. The van der Waals surface area contributed by atoms with E-state index < -0.39 is 0 Å². The average Bonchev–Trinajstić information content (AvgIpc) is 3.10. The number of amides is 2. The minimum absolute atomic E-state index is 0.0528. The van der Waals surface area contributed by atoms with Crippen LogP contribution in [0.1, 0.15) is 21.7 Å². The van der Waals surface area contributed by atoms with Crippen molar-refractivity contribution in [2.45, 2.75) is 27.2 Å². The molecular formula is C22H23N3O2S. The van der Waals surface area contributed by atoms with Gasteiger partial charge in [0.2, 0.25) is 11.8 Å². The quantitative estimate of drug-likeness (QED) is 0.664. The number of nitrogens with one attached hydrogen (secondary N) is 2. The Kier molecular flexibility index (Phi) is 6.21. The molecule has 0 saturated carbocycles. The number of anilines is 1. The number of carbonyl (C=O) groups is 2. The molecule has 3 rings (SSSR count). The SMILES string of the molecule is Cc1nc(-c2ccc(CC(=O)NCC(=O)Nc3c(C)cccc3C)cc2)cs1. The van der Waals surface area contributed by atoms with E-state index in [-0.39, 0.29) is 24.8 Å². The first-order valence-electron chi connectivity index (χ1n) is 9.06. The zero-order valence-electron chi connectivity index (χ0n) is 16.2. The van der Waals surface area contributed by atoms with Gasteiger partial charge in [-0.25, -0.2) is 4.98 Å². The summed E-state index contributed by atoms with van der Waals surface area (Å²) in [5.74, 6) is -0.422. The highest BCUT2D eigenvalue weighted by molar-refractivity contribution is 7.09. The minimum atomic E-state index is -0.236. The van der Waals surface area contributed by atoms with Crippen LogP contribution in [0.25, 0.3) is 11.3 Å². The molecule has 6 heteroatoms. The van der Waals surface area contributed by atoms with Crippen LogP contribution >= 0.6 is 11.3 Å². The Morgan fingerprint density at radius 3 is 2.25 bits per heavy atom. The highest BCUT2D eigenvalue weighted by Gasteiger charge is 2.10. The van der Waals surface area contributed by atoms with Crippen LogP contribution in [-0.4, -0.2) is 23.3 Å². The highest BCUT2D eigenvalue weighted by Crippen LogP contribution is 2.22.